The number of nitrogen functional groups attached to an aromatic ring is 1. The van der Waals surface area contributed by atoms with Crippen LogP contribution in [0, 0.1) is 0 Å². The standard InChI is InChI=1S/C8H9ClN2O/c1-5(11-12)6-2-3-7(9)8(10)4-6/h2-4,12H,10H2,1H3. The summed E-state index contributed by atoms with van der Waals surface area (Å²) in [6.45, 7) is 1.68. The van der Waals surface area contributed by atoms with Gasteiger partial charge in [-0.15, -0.1) is 0 Å². The van der Waals surface area contributed by atoms with E-state index in [1.807, 2.05) is 0 Å². The van der Waals surface area contributed by atoms with Crippen LogP contribution in [0.1, 0.15) is 12.5 Å². The van der Waals surface area contributed by atoms with Crippen LogP contribution in [0.4, 0.5) is 5.69 Å². The number of benzene rings is 1. The van der Waals surface area contributed by atoms with E-state index in [9.17, 15) is 0 Å². The minimum absolute atomic E-state index is 0.483. The summed E-state index contributed by atoms with van der Waals surface area (Å²) >= 11 is 5.70. The second kappa shape index (κ2) is 3.45. The molecule has 4 heteroatoms. The van der Waals surface area contributed by atoms with Crippen LogP contribution in [0.3, 0.4) is 0 Å². The molecule has 0 heterocycles. The molecular weight excluding hydrogens is 176 g/mol. The summed E-state index contributed by atoms with van der Waals surface area (Å²) in [5, 5.41) is 12.0. The second-order valence-electron chi connectivity index (χ2n) is 2.42. The normalized spacial score (nSPS) is 11.7. The van der Waals surface area contributed by atoms with Gasteiger partial charge < -0.3 is 10.9 Å². The van der Waals surface area contributed by atoms with Crippen LogP contribution in [0.15, 0.2) is 23.4 Å². The van der Waals surface area contributed by atoms with Crippen molar-refractivity contribution in [3.8, 4) is 0 Å². The van der Waals surface area contributed by atoms with Crippen LogP contribution in [0.25, 0.3) is 0 Å². The summed E-state index contributed by atoms with van der Waals surface area (Å²) in [6.07, 6.45) is 0. The van der Waals surface area contributed by atoms with E-state index in [4.69, 9.17) is 22.5 Å². The lowest BCUT2D eigenvalue weighted by Gasteiger charge is -2.01. The molecule has 0 fully saturated rings. The first-order chi connectivity index (χ1) is 5.65. The Balaban J connectivity index is 3.13. The van der Waals surface area contributed by atoms with E-state index < -0.39 is 0 Å². The van der Waals surface area contributed by atoms with Crippen LogP contribution in [-0.2, 0) is 0 Å². The molecule has 1 aromatic carbocycles. The number of nitrogens with two attached hydrogens (primary N) is 1. The van der Waals surface area contributed by atoms with Gasteiger partial charge in [0.2, 0.25) is 0 Å². The number of oxime groups is 1. The van der Waals surface area contributed by atoms with Gasteiger partial charge >= 0.3 is 0 Å². The Morgan fingerprint density at radius 2 is 2.25 bits per heavy atom. The number of rotatable bonds is 1. The molecule has 0 aliphatic heterocycles. The van der Waals surface area contributed by atoms with Crippen LogP contribution in [0.5, 0.6) is 0 Å². The molecule has 0 amide bonds. The van der Waals surface area contributed by atoms with Crippen molar-refractivity contribution in [3.05, 3.63) is 28.8 Å². The zero-order chi connectivity index (χ0) is 9.14. The molecule has 3 nitrogen and oxygen atoms in total. The molecule has 0 unspecified atom stereocenters. The molecule has 12 heavy (non-hydrogen) atoms. The fourth-order valence-electron chi connectivity index (χ4n) is 0.827. The summed E-state index contributed by atoms with van der Waals surface area (Å²) in [4.78, 5) is 0. The molecule has 0 spiro atoms. The smallest absolute Gasteiger partial charge is 0.0837 e. The van der Waals surface area contributed by atoms with Crippen molar-refractivity contribution in [2.45, 2.75) is 6.92 Å². The lowest BCUT2D eigenvalue weighted by atomic mass is 10.1. The maximum absolute atomic E-state index is 8.46. The van der Waals surface area contributed by atoms with E-state index in [1.165, 1.54) is 0 Å². The van der Waals surface area contributed by atoms with Crippen molar-refractivity contribution in [2.24, 2.45) is 5.16 Å². The summed E-state index contributed by atoms with van der Waals surface area (Å²) in [5.41, 5.74) is 7.30. The highest BCUT2D eigenvalue weighted by molar-refractivity contribution is 6.33. The molecule has 0 aliphatic rings. The van der Waals surface area contributed by atoms with Crippen molar-refractivity contribution in [3.63, 3.8) is 0 Å². The molecule has 0 aromatic heterocycles. The Morgan fingerprint density at radius 1 is 1.58 bits per heavy atom. The molecule has 0 radical (unpaired) electrons. The zero-order valence-electron chi connectivity index (χ0n) is 6.58. The summed E-state index contributed by atoms with van der Waals surface area (Å²) in [7, 11) is 0. The van der Waals surface area contributed by atoms with Crippen LogP contribution >= 0.6 is 11.6 Å². The van der Waals surface area contributed by atoms with Crippen molar-refractivity contribution < 1.29 is 5.21 Å². The van der Waals surface area contributed by atoms with Crippen LogP contribution in [0.2, 0.25) is 5.02 Å². The quantitative estimate of drug-likeness (QED) is 0.304. The molecule has 0 saturated heterocycles. The highest BCUT2D eigenvalue weighted by Gasteiger charge is 2.00. The Kier molecular flexibility index (Phi) is 2.55. The summed E-state index contributed by atoms with van der Waals surface area (Å²) < 4.78 is 0. The summed E-state index contributed by atoms with van der Waals surface area (Å²) in [6, 6.07) is 5.08. The van der Waals surface area contributed by atoms with E-state index >= 15 is 0 Å². The van der Waals surface area contributed by atoms with Gasteiger partial charge in [0.05, 0.1) is 16.4 Å². The first-order valence-electron chi connectivity index (χ1n) is 3.39. The molecule has 0 atom stereocenters. The number of halogens is 1. The molecule has 1 rings (SSSR count). The van der Waals surface area contributed by atoms with Crippen molar-refractivity contribution in [1.82, 2.24) is 0 Å². The molecule has 0 saturated carbocycles. The zero-order valence-corrected chi connectivity index (χ0v) is 7.34. The van der Waals surface area contributed by atoms with Crippen molar-refractivity contribution >= 4 is 23.0 Å². The molecule has 64 valence electrons. The van der Waals surface area contributed by atoms with E-state index in [0.717, 1.165) is 5.56 Å². The van der Waals surface area contributed by atoms with Gasteiger partial charge in [-0.2, -0.15) is 0 Å². The Morgan fingerprint density at radius 3 is 2.75 bits per heavy atom. The number of hydrogen-bond donors (Lipinski definition) is 2. The molecule has 1 aromatic rings. The average molecular weight is 185 g/mol. The molecule has 0 aliphatic carbocycles. The van der Waals surface area contributed by atoms with Gasteiger partial charge in [-0.05, 0) is 19.1 Å². The van der Waals surface area contributed by atoms with Crippen molar-refractivity contribution in [1.29, 1.82) is 0 Å². The minimum atomic E-state index is 0.483. The van der Waals surface area contributed by atoms with Gasteiger partial charge in [0.1, 0.15) is 0 Å². The van der Waals surface area contributed by atoms with E-state index in [0.29, 0.717) is 16.4 Å². The van der Waals surface area contributed by atoms with Crippen LogP contribution in [-0.4, -0.2) is 10.9 Å². The molecule has 3 N–H and O–H groups in total. The highest BCUT2D eigenvalue weighted by Crippen LogP contribution is 2.19. The topological polar surface area (TPSA) is 58.6 Å². The lowest BCUT2D eigenvalue weighted by molar-refractivity contribution is 0.319. The van der Waals surface area contributed by atoms with Gasteiger partial charge in [0.15, 0.2) is 0 Å². The third-order valence-corrected chi connectivity index (χ3v) is 1.91. The largest absolute Gasteiger partial charge is 0.411 e. The maximum atomic E-state index is 8.46. The predicted molar refractivity (Wildman–Crippen MR) is 49.9 cm³/mol. The SMILES string of the molecule is CC(=NO)c1ccc(Cl)c(N)c1. The number of anilines is 1. The predicted octanol–water partition coefficient (Wildman–Crippen LogP) is 2.12. The highest BCUT2D eigenvalue weighted by atomic mass is 35.5. The van der Waals surface area contributed by atoms with Crippen molar-refractivity contribution in [2.75, 3.05) is 5.73 Å². The third-order valence-electron chi connectivity index (χ3n) is 1.56. The van der Waals surface area contributed by atoms with E-state index in [-0.39, 0.29) is 0 Å². The lowest BCUT2D eigenvalue weighted by Crippen LogP contribution is -1.96. The number of hydrogen-bond acceptors (Lipinski definition) is 3. The van der Waals surface area contributed by atoms with E-state index in [1.54, 1.807) is 25.1 Å². The van der Waals surface area contributed by atoms with Crippen LogP contribution < -0.4 is 5.73 Å². The monoisotopic (exact) mass is 184 g/mol. The average Bonchev–Trinajstić information content (AvgIpc) is 2.08. The maximum Gasteiger partial charge on any atom is 0.0837 e. The summed E-state index contributed by atoms with van der Waals surface area (Å²) in [5.74, 6) is 0. The third kappa shape index (κ3) is 1.68. The number of nitrogens with zero attached hydrogens (tertiary/aromatic N) is 1. The van der Waals surface area contributed by atoms with Gasteiger partial charge in [0, 0.05) is 5.56 Å². The Hall–Kier alpha value is -1.22. The van der Waals surface area contributed by atoms with E-state index in [2.05, 4.69) is 5.16 Å². The Bertz CT molecular complexity index is 323. The first-order valence-corrected chi connectivity index (χ1v) is 3.77. The minimum Gasteiger partial charge on any atom is -0.411 e. The van der Waals surface area contributed by atoms with Gasteiger partial charge in [0.25, 0.3) is 0 Å². The fourth-order valence-corrected chi connectivity index (χ4v) is 0.944. The molecular formula is C8H9ClN2O. The van der Waals surface area contributed by atoms with Gasteiger partial charge in [-0.3, -0.25) is 0 Å². The first kappa shape index (κ1) is 8.87. The van der Waals surface area contributed by atoms with Gasteiger partial charge in [-0.25, -0.2) is 0 Å². The fraction of sp³-hybridized carbons (Fsp3) is 0.125. The Labute approximate surface area is 75.4 Å². The second-order valence-corrected chi connectivity index (χ2v) is 2.83. The van der Waals surface area contributed by atoms with Gasteiger partial charge in [-0.1, -0.05) is 22.8 Å². The molecule has 0 bridgehead atoms.